The van der Waals surface area contributed by atoms with Gasteiger partial charge in [0.25, 0.3) is 5.91 Å². The zero-order valence-electron chi connectivity index (χ0n) is 15.6. The summed E-state index contributed by atoms with van der Waals surface area (Å²) in [6, 6.07) is 10.6. The molecule has 1 aliphatic rings. The first-order chi connectivity index (χ1) is 13.5. The van der Waals surface area contributed by atoms with E-state index in [9.17, 15) is 9.90 Å². The van der Waals surface area contributed by atoms with Crippen LogP contribution in [0.4, 0.5) is 5.69 Å². The van der Waals surface area contributed by atoms with Crippen LogP contribution in [0, 0.1) is 0 Å². The highest BCUT2D eigenvalue weighted by Crippen LogP contribution is 2.38. The van der Waals surface area contributed by atoms with Crippen LogP contribution in [0.15, 0.2) is 50.8 Å². The number of hydrogen-bond donors (Lipinski definition) is 1. The molecular weight excluding hydrogens is 444 g/mol. The van der Waals surface area contributed by atoms with Gasteiger partial charge in [-0.05, 0) is 66.7 Å². The van der Waals surface area contributed by atoms with E-state index in [4.69, 9.17) is 9.47 Å². The second-order valence-corrected chi connectivity index (χ2v) is 7.66. The molecule has 28 heavy (non-hydrogen) atoms. The van der Waals surface area contributed by atoms with Crippen LogP contribution in [0.5, 0.6) is 17.2 Å². The Morgan fingerprint density at radius 3 is 2.54 bits per heavy atom. The number of aliphatic imine (C=N–C) groups is 1. The molecule has 3 rings (SSSR count). The third-order valence-corrected chi connectivity index (χ3v) is 5.78. The van der Waals surface area contributed by atoms with Gasteiger partial charge in [-0.15, -0.1) is 0 Å². The first-order valence-electron chi connectivity index (χ1n) is 8.47. The van der Waals surface area contributed by atoms with Crippen molar-refractivity contribution < 1.29 is 19.4 Å². The lowest BCUT2D eigenvalue weighted by Crippen LogP contribution is -2.28. The maximum Gasteiger partial charge on any atom is 0.266 e. The first-order valence-corrected chi connectivity index (χ1v) is 10.1. The lowest BCUT2D eigenvalue weighted by atomic mass is 10.2. The molecule has 6 nitrogen and oxygen atoms in total. The minimum Gasteiger partial charge on any atom is -0.504 e. The van der Waals surface area contributed by atoms with Gasteiger partial charge in [0.1, 0.15) is 5.75 Å². The van der Waals surface area contributed by atoms with E-state index < -0.39 is 0 Å². The number of aromatic hydroxyl groups is 1. The van der Waals surface area contributed by atoms with Crippen LogP contribution < -0.4 is 9.47 Å². The van der Waals surface area contributed by atoms with E-state index in [1.54, 1.807) is 30.2 Å². The van der Waals surface area contributed by atoms with Gasteiger partial charge in [-0.2, -0.15) is 0 Å². The highest BCUT2D eigenvalue weighted by atomic mass is 79.9. The van der Waals surface area contributed by atoms with Gasteiger partial charge in [0, 0.05) is 11.0 Å². The standard InChI is InChI=1S/C20H19BrN2O4S/c1-4-23-19(25)18(10-12-9-17(27-3)16(24)11-15(12)21)28-20(23)22-13-5-7-14(26-2)8-6-13/h5-11,24H,4H2,1-3H3/b18-10-,22-20?. The van der Waals surface area contributed by atoms with Gasteiger partial charge in [0.2, 0.25) is 0 Å². The number of amidine groups is 1. The van der Waals surface area contributed by atoms with Crippen molar-refractivity contribution in [2.24, 2.45) is 4.99 Å². The Morgan fingerprint density at radius 1 is 1.21 bits per heavy atom. The predicted molar refractivity (Wildman–Crippen MR) is 115 cm³/mol. The molecule has 0 unspecified atom stereocenters. The number of carbonyl (C=O) groups is 1. The Bertz CT molecular complexity index is 957. The zero-order valence-corrected chi connectivity index (χ0v) is 18.0. The molecule has 1 saturated heterocycles. The van der Waals surface area contributed by atoms with E-state index in [1.165, 1.54) is 18.9 Å². The van der Waals surface area contributed by atoms with Crippen LogP contribution in [0.3, 0.4) is 0 Å². The number of thioether (sulfide) groups is 1. The summed E-state index contributed by atoms with van der Waals surface area (Å²) in [5, 5.41) is 10.5. The van der Waals surface area contributed by atoms with Crippen molar-refractivity contribution >= 4 is 50.5 Å². The molecule has 0 saturated carbocycles. The number of hydrogen-bond acceptors (Lipinski definition) is 6. The Balaban J connectivity index is 1.95. The minimum absolute atomic E-state index is 0.0267. The normalized spacial score (nSPS) is 16.9. The first kappa shape index (κ1) is 20.3. The molecule has 2 aromatic carbocycles. The van der Waals surface area contributed by atoms with Gasteiger partial charge in [0.05, 0.1) is 24.8 Å². The van der Waals surface area contributed by atoms with E-state index in [0.29, 0.717) is 26.8 Å². The maximum atomic E-state index is 12.8. The van der Waals surface area contributed by atoms with E-state index in [1.807, 2.05) is 31.2 Å². The molecule has 1 fully saturated rings. The molecule has 0 aromatic heterocycles. The minimum atomic E-state index is -0.112. The number of rotatable bonds is 5. The summed E-state index contributed by atoms with van der Waals surface area (Å²) in [7, 11) is 3.09. The Kier molecular flexibility index (Phi) is 6.31. The summed E-state index contributed by atoms with van der Waals surface area (Å²) in [6.45, 7) is 2.42. The molecule has 1 amide bonds. The third kappa shape index (κ3) is 4.18. The number of ether oxygens (including phenoxy) is 2. The van der Waals surface area contributed by atoms with Gasteiger partial charge >= 0.3 is 0 Å². The number of nitrogens with zero attached hydrogens (tertiary/aromatic N) is 2. The Morgan fingerprint density at radius 2 is 1.93 bits per heavy atom. The zero-order chi connectivity index (χ0) is 20.3. The van der Waals surface area contributed by atoms with Crippen molar-refractivity contribution in [3.05, 3.63) is 51.3 Å². The Labute approximate surface area is 176 Å². The second kappa shape index (κ2) is 8.70. The van der Waals surface area contributed by atoms with Crippen molar-refractivity contribution in [2.45, 2.75) is 6.92 Å². The number of methoxy groups -OCH3 is 2. The molecule has 0 bridgehead atoms. The lowest BCUT2D eigenvalue weighted by Gasteiger charge is -2.12. The fraction of sp³-hybridized carbons (Fsp3) is 0.200. The molecular formula is C20H19BrN2O4S. The van der Waals surface area contributed by atoms with E-state index in [2.05, 4.69) is 20.9 Å². The van der Waals surface area contributed by atoms with Gasteiger partial charge in [0.15, 0.2) is 16.7 Å². The van der Waals surface area contributed by atoms with Crippen LogP contribution in [0.1, 0.15) is 12.5 Å². The summed E-state index contributed by atoms with van der Waals surface area (Å²) < 4.78 is 11.0. The van der Waals surface area contributed by atoms with Crippen molar-refractivity contribution in [3.8, 4) is 17.2 Å². The molecule has 0 radical (unpaired) electrons. The van der Waals surface area contributed by atoms with Crippen molar-refractivity contribution in [2.75, 3.05) is 20.8 Å². The summed E-state index contributed by atoms with van der Waals surface area (Å²) in [5.41, 5.74) is 1.47. The van der Waals surface area contributed by atoms with Gasteiger partial charge in [-0.1, -0.05) is 15.9 Å². The van der Waals surface area contributed by atoms with E-state index in [-0.39, 0.29) is 11.7 Å². The summed E-state index contributed by atoms with van der Waals surface area (Å²) in [6.07, 6.45) is 1.76. The van der Waals surface area contributed by atoms with Crippen LogP contribution in [0.2, 0.25) is 0 Å². The maximum absolute atomic E-state index is 12.8. The molecule has 1 aliphatic heterocycles. The number of phenolic OH excluding ortho intramolecular Hbond substituents is 1. The number of phenols is 1. The van der Waals surface area contributed by atoms with Crippen molar-refractivity contribution in [1.29, 1.82) is 0 Å². The number of amides is 1. The van der Waals surface area contributed by atoms with Crippen LogP contribution in [0.25, 0.3) is 6.08 Å². The molecule has 0 spiro atoms. The largest absolute Gasteiger partial charge is 0.504 e. The topological polar surface area (TPSA) is 71.4 Å². The quantitative estimate of drug-likeness (QED) is 0.646. The molecule has 0 atom stereocenters. The van der Waals surface area contributed by atoms with Crippen LogP contribution >= 0.6 is 27.7 Å². The molecule has 0 aliphatic carbocycles. The van der Waals surface area contributed by atoms with Gasteiger partial charge in [-0.3, -0.25) is 9.69 Å². The molecule has 1 heterocycles. The predicted octanol–water partition coefficient (Wildman–Crippen LogP) is 4.80. The highest BCUT2D eigenvalue weighted by molar-refractivity contribution is 9.10. The SMILES string of the molecule is CCN1C(=O)/C(=C/c2cc(OC)c(O)cc2Br)SC1=Nc1ccc(OC)cc1. The highest BCUT2D eigenvalue weighted by Gasteiger charge is 2.32. The van der Waals surface area contributed by atoms with Gasteiger partial charge in [-0.25, -0.2) is 4.99 Å². The molecule has 1 N–H and O–H groups in total. The van der Waals surface area contributed by atoms with Gasteiger partial charge < -0.3 is 14.6 Å². The lowest BCUT2D eigenvalue weighted by molar-refractivity contribution is -0.122. The summed E-state index contributed by atoms with van der Waals surface area (Å²) in [4.78, 5) is 19.6. The smallest absolute Gasteiger partial charge is 0.266 e. The third-order valence-electron chi connectivity index (χ3n) is 4.09. The number of halogens is 1. The average molecular weight is 463 g/mol. The fourth-order valence-electron chi connectivity index (χ4n) is 2.61. The number of benzene rings is 2. The fourth-order valence-corrected chi connectivity index (χ4v) is 4.11. The molecule has 8 heteroatoms. The van der Waals surface area contributed by atoms with Crippen LogP contribution in [-0.2, 0) is 4.79 Å². The van der Waals surface area contributed by atoms with E-state index in [0.717, 1.165) is 17.0 Å². The summed E-state index contributed by atoms with van der Waals surface area (Å²) >= 11 is 4.73. The average Bonchev–Trinajstić information content (AvgIpc) is 2.98. The van der Waals surface area contributed by atoms with Crippen LogP contribution in [-0.4, -0.2) is 41.8 Å². The summed E-state index contributed by atoms with van der Waals surface area (Å²) in [5.74, 6) is 1.00. The second-order valence-electron chi connectivity index (χ2n) is 5.80. The van der Waals surface area contributed by atoms with Crippen molar-refractivity contribution in [3.63, 3.8) is 0 Å². The Hall–Kier alpha value is -2.45. The number of likely N-dealkylation sites (N-methyl/N-ethyl adjacent to an activating group) is 1. The molecule has 2 aromatic rings. The monoisotopic (exact) mass is 462 g/mol. The molecule has 146 valence electrons. The van der Waals surface area contributed by atoms with Crippen molar-refractivity contribution in [1.82, 2.24) is 4.90 Å². The van der Waals surface area contributed by atoms with E-state index >= 15 is 0 Å². The number of carbonyl (C=O) groups excluding carboxylic acids is 1.